The van der Waals surface area contributed by atoms with Gasteiger partial charge in [0.15, 0.2) is 0 Å². The summed E-state index contributed by atoms with van der Waals surface area (Å²) in [6, 6.07) is 10.2. The third kappa shape index (κ3) is 5.65. The topological polar surface area (TPSA) is 48.3 Å². The SMILES string of the molecule is CN1CCC(CNc2cccc(OCCCC#N)c2)CC1. The predicted molar refractivity (Wildman–Crippen MR) is 85.5 cm³/mol. The first kappa shape index (κ1) is 15.7. The van der Waals surface area contributed by atoms with Crippen LogP contribution in [0.25, 0.3) is 0 Å². The lowest BCUT2D eigenvalue weighted by atomic mass is 9.97. The maximum absolute atomic E-state index is 8.50. The van der Waals surface area contributed by atoms with Crippen molar-refractivity contribution in [3.05, 3.63) is 24.3 Å². The normalized spacial score (nSPS) is 16.4. The lowest BCUT2D eigenvalue weighted by Gasteiger charge is -2.29. The van der Waals surface area contributed by atoms with Gasteiger partial charge in [-0.25, -0.2) is 0 Å². The molecule has 0 unspecified atom stereocenters. The molecule has 2 rings (SSSR count). The molecule has 0 bridgehead atoms. The van der Waals surface area contributed by atoms with Gasteiger partial charge in [0, 0.05) is 24.7 Å². The first-order valence-electron chi connectivity index (χ1n) is 7.80. The molecule has 4 nitrogen and oxygen atoms in total. The van der Waals surface area contributed by atoms with E-state index in [4.69, 9.17) is 10.00 Å². The van der Waals surface area contributed by atoms with Crippen LogP contribution in [0.4, 0.5) is 5.69 Å². The molecule has 0 amide bonds. The van der Waals surface area contributed by atoms with Crippen LogP contribution in [0, 0.1) is 17.2 Å². The van der Waals surface area contributed by atoms with Crippen LogP contribution < -0.4 is 10.1 Å². The molecule has 0 aliphatic carbocycles. The molecule has 0 spiro atoms. The second kappa shape index (κ2) is 8.53. The number of hydrogen-bond donors (Lipinski definition) is 1. The van der Waals surface area contributed by atoms with Gasteiger partial charge in [-0.05, 0) is 57.5 Å². The summed E-state index contributed by atoms with van der Waals surface area (Å²) in [6.45, 7) is 4.04. The minimum absolute atomic E-state index is 0.550. The molecule has 1 saturated heterocycles. The van der Waals surface area contributed by atoms with E-state index in [9.17, 15) is 0 Å². The molecular formula is C17H25N3O. The lowest BCUT2D eigenvalue weighted by molar-refractivity contribution is 0.226. The summed E-state index contributed by atoms with van der Waals surface area (Å²) < 4.78 is 5.66. The Morgan fingerprint density at radius 1 is 1.38 bits per heavy atom. The summed E-state index contributed by atoms with van der Waals surface area (Å²) in [4.78, 5) is 2.40. The van der Waals surface area contributed by atoms with Crippen LogP contribution in [-0.2, 0) is 0 Å². The van der Waals surface area contributed by atoms with Crippen molar-refractivity contribution >= 4 is 5.69 Å². The fraction of sp³-hybridized carbons (Fsp3) is 0.588. The number of unbranched alkanes of at least 4 members (excludes halogenated alkanes) is 1. The lowest BCUT2D eigenvalue weighted by Crippen LogP contribution is -2.32. The van der Waals surface area contributed by atoms with E-state index >= 15 is 0 Å². The Morgan fingerprint density at radius 3 is 2.95 bits per heavy atom. The highest BCUT2D eigenvalue weighted by molar-refractivity contribution is 5.48. The van der Waals surface area contributed by atoms with Crippen molar-refractivity contribution in [2.45, 2.75) is 25.7 Å². The molecular weight excluding hydrogens is 262 g/mol. The molecule has 0 saturated carbocycles. The van der Waals surface area contributed by atoms with Crippen molar-refractivity contribution in [2.24, 2.45) is 5.92 Å². The van der Waals surface area contributed by atoms with Crippen molar-refractivity contribution in [3.63, 3.8) is 0 Å². The maximum Gasteiger partial charge on any atom is 0.121 e. The zero-order valence-corrected chi connectivity index (χ0v) is 12.8. The van der Waals surface area contributed by atoms with E-state index in [0.717, 1.165) is 30.3 Å². The van der Waals surface area contributed by atoms with E-state index in [1.807, 2.05) is 18.2 Å². The summed E-state index contributed by atoms with van der Waals surface area (Å²) in [6.07, 6.45) is 3.87. The van der Waals surface area contributed by atoms with Crippen molar-refractivity contribution in [1.29, 1.82) is 5.26 Å². The summed E-state index contributed by atoms with van der Waals surface area (Å²) in [5.41, 5.74) is 1.12. The first-order chi connectivity index (χ1) is 10.3. The number of hydrogen-bond acceptors (Lipinski definition) is 4. The van der Waals surface area contributed by atoms with Gasteiger partial charge >= 0.3 is 0 Å². The highest BCUT2D eigenvalue weighted by atomic mass is 16.5. The predicted octanol–water partition coefficient (Wildman–Crippen LogP) is 3.12. The van der Waals surface area contributed by atoms with Crippen LogP contribution in [0.5, 0.6) is 5.75 Å². The second-order valence-electron chi connectivity index (χ2n) is 5.77. The highest BCUT2D eigenvalue weighted by Crippen LogP contribution is 2.20. The minimum Gasteiger partial charge on any atom is -0.493 e. The van der Waals surface area contributed by atoms with Gasteiger partial charge in [-0.1, -0.05) is 6.07 Å². The number of rotatable bonds is 7. The summed E-state index contributed by atoms with van der Waals surface area (Å²) in [5.74, 6) is 1.64. The largest absolute Gasteiger partial charge is 0.493 e. The monoisotopic (exact) mass is 287 g/mol. The van der Waals surface area contributed by atoms with Crippen LogP contribution in [0.3, 0.4) is 0 Å². The third-order valence-electron chi connectivity index (χ3n) is 3.97. The zero-order valence-electron chi connectivity index (χ0n) is 12.8. The van der Waals surface area contributed by atoms with Crippen molar-refractivity contribution in [2.75, 3.05) is 38.6 Å². The number of nitrogens with zero attached hydrogens (tertiary/aromatic N) is 2. The molecule has 0 radical (unpaired) electrons. The van der Waals surface area contributed by atoms with Crippen LogP contribution in [0.15, 0.2) is 24.3 Å². The molecule has 21 heavy (non-hydrogen) atoms. The number of piperidine rings is 1. The number of anilines is 1. The maximum atomic E-state index is 8.50. The van der Waals surface area contributed by atoms with Crippen LogP contribution in [-0.4, -0.2) is 38.2 Å². The van der Waals surface area contributed by atoms with Gasteiger partial charge < -0.3 is 15.0 Å². The summed E-state index contributed by atoms with van der Waals surface area (Å²) in [5, 5.41) is 12.0. The van der Waals surface area contributed by atoms with E-state index in [1.165, 1.54) is 25.9 Å². The quantitative estimate of drug-likeness (QED) is 0.783. The second-order valence-corrected chi connectivity index (χ2v) is 5.77. The zero-order chi connectivity index (χ0) is 14.9. The number of nitrogens with one attached hydrogen (secondary N) is 1. The molecule has 1 N–H and O–H groups in total. The Morgan fingerprint density at radius 2 is 2.19 bits per heavy atom. The van der Waals surface area contributed by atoms with Gasteiger partial charge in [-0.3, -0.25) is 0 Å². The van der Waals surface area contributed by atoms with E-state index in [-0.39, 0.29) is 0 Å². The number of benzene rings is 1. The van der Waals surface area contributed by atoms with E-state index in [0.29, 0.717) is 13.0 Å². The van der Waals surface area contributed by atoms with Gasteiger partial charge in [0.25, 0.3) is 0 Å². The van der Waals surface area contributed by atoms with E-state index in [1.54, 1.807) is 0 Å². The Bertz CT molecular complexity index is 461. The standard InChI is InChI=1S/C17H25N3O/c1-20-10-7-15(8-11-20)14-19-16-5-4-6-17(13-16)21-12-3-2-9-18/h4-6,13,15,19H,2-3,7-8,10-12,14H2,1H3. The van der Waals surface area contributed by atoms with Crippen molar-refractivity contribution < 1.29 is 4.74 Å². The summed E-state index contributed by atoms with van der Waals surface area (Å²) in [7, 11) is 2.19. The molecule has 1 fully saturated rings. The Kier molecular flexibility index (Phi) is 6.36. The number of likely N-dealkylation sites (tertiary alicyclic amines) is 1. The average molecular weight is 287 g/mol. The molecule has 1 aliphatic rings. The van der Waals surface area contributed by atoms with E-state index < -0.39 is 0 Å². The van der Waals surface area contributed by atoms with Gasteiger partial charge in [0.1, 0.15) is 5.75 Å². The Labute approximate surface area is 127 Å². The van der Waals surface area contributed by atoms with Crippen LogP contribution >= 0.6 is 0 Å². The van der Waals surface area contributed by atoms with Crippen LogP contribution in [0.2, 0.25) is 0 Å². The van der Waals surface area contributed by atoms with Gasteiger partial charge in [-0.15, -0.1) is 0 Å². The van der Waals surface area contributed by atoms with Gasteiger partial charge in [-0.2, -0.15) is 5.26 Å². The molecule has 1 aromatic carbocycles. The van der Waals surface area contributed by atoms with Gasteiger partial charge in [0.05, 0.1) is 12.7 Å². The first-order valence-corrected chi connectivity index (χ1v) is 7.80. The molecule has 0 aromatic heterocycles. The molecule has 1 aliphatic heterocycles. The van der Waals surface area contributed by atoms with Crippen molar-refractivity contribution in [3.8, 4) is 11.8 Å². The van der Waals surface area contributed by atoms with Crippen molar-refractivity contribution in [1.82, 2.24) is 4.90 Å². The molecule has 1 aromatic rings. The molecule has 114 valence electrons. The highest BCUT2D eigenvalue weighted by Gasteiger charge is 2.16. The molecule has 0 atom stereocenters. The van der Waals surface area contributed by atoms with E-state index in [2.05, 4.69) is 29.4 Å². The third-order valence-corrected chi connectivity index (χ3v) is 3.97. The Balaban J connectivity index is 1.74. The van der Waals surface area contributed by atoms with Crippen LogP contribution in [0.1, 0.15) is 25.7 Å². The van der Waals surface area contributed by atoms with Gasteiger partial charge in [0.2, 0.25) is 0 Å². The molecule has 4 heteroatoms. The summed E-state index contributed by atoms with van der Waals surface area (Å²) >= 11 is 0. The number of nitriles is 1. The minimum atomic E-state index is 0.550. The smallest absolute Gasteiger partial charge is 0.121 e. The fourth-order valence-electron chi connectivity index (χ4n) is 2.57. The fourth-order valence-corrected chi connectivity index (χ4v) is 2.57. The Hall–Kier alpha value is -1.73. The molecule has 1 heterocycles. The number of ether oxygens (including phenoxy) is 1. The average Bonchev–Trinajstić information content (AvgIpc) is 2.52.